The highest BCUT2D eigenvalue weighted by Gasteiger charge is 2.20. The Morgan fingerprint density at radius 3 is 2.50 bits per heavy atom. The average molecular weight is 411 g/mol. The van der Waals surface area contributed by atoms with Crippen LogP contribution in [0.4, 0.5) is 0 Å². The molecule has 0 aliphatic rings. The minimum absolute atomic E-state index is 0.00342. The fraction of sp³-hybridized carbons (Fsp3) is 0.118. The van der Waals surface area contributed by atoms with Crippen molar-refractivity contribution in [1.29, 1.82) is 0 Å². The summed E-state index contributed by atoms with van der Waals surface area (Å²) in [5, 5.41) is 1.04. The molecule has 136 valence electrons. The number of carbonyl (C=O) groups is 1. The van der Waals surface area contributed by atoms with Crippen molar-refractivity contribution in [2.24, 2.45) is 0 Å². The second kappa shape index (κ2) is 7.63. The number of nitrogens with one attached hydrogen (secondary N) is 2. The predicted molar refractivity (Wildman–Crippen MR) is 102 cm³/mol. The summed E-state index contributed by atoms with van der Waals surface area (Å²) in [7, 11) is -3.91. The molecule has 0 atom stereocenters. The van der Waals surface area contributed by atoms with Gasteiger partial charge in [0.25, 0.3) is 15.9 Å². The number of sulfonamides is 1. The van der Waals surface area contributed by atoms with Gasteiger partial charge in [-0.25, -0.2) is 8.42 Å². The Morgan fingerprint density at radius 2 is 1.85 bits per heavy atom. The van der Waals surface area contributed by atoms with Gasteiger partial charge in [0.15, 0.2) is 0 Å². The minimum atomic E-state index is -3.91. The molecule has 0 unspecified atom stereocenters. The molecule has 0 fully saturated rings. The Morgan fingerprint density at radius 1 is 1.15 bits per heavy atom. The van der Waals surface area contributed by atoms with Crippen molar-refractivity contribution in [3.05, 3.63) is 58.4 Å². The summed E-state index contributed by atoms with van der Waals surface area (Å²) in [5.41, 5.74) is 2.20. The van der Waals surface area contributed by atoms with E-state index in [2.05, 4.69) is 10.3 Å². The predicted octanol–water partition coefficient (Wildman–Crippen LogP) is 3.58. The van der Waals surface area contributed by atoms with Crippen molar-refractivity contribution < 1.29 is 17.9 Å². The maximum absolute atomic E-state index is 12.3. The Hall–Kier alpha value is -2.13. The Bertz CT molecular complexity index is 1050. The van der Waals surface area contributed by atoms with E-state index < -0.39 is 15.9 Å². The SMILES string of the molecule is CCOc1ccc(S(=O)(=O)NNC(=O)c2sc3ccccc3c2Cl)cc1. The number of hydrogen-bond acceptors (Lipinski definition) is 5. The largest absolute Gasteiger partial charge is 0.494 e. The lowest BCUT2D eigenvalue weighted by Gasteiger charge is -2.09. The molecule has 3 aromatic rings. The third-order valence-electron chi connectivity index (χ3n) is 3.49. The molecule has 9 heteroatoms. The van der Waals surface area contributed by atoms with Crippen LogP contribution in [0.1, 0.15) is 16.6 Å². The van der Waals surface area contributed by atoms with Crippen LogP contribution in [0.2, 0.25) is 5.02 Å². The number of thiophene rings is 1. The van der Waals surface area contributed by atoms with E-state index in [9.17, 15) is 13.2 Å². The first-order valence-electron chi connectivity index (χ1n) is 7.64. The van der Waals surface area contributed by atoms with Crippen molar-refractivity contribution in [2.45, 2.75) is 11.8 Å². The zero-order valence-corrected chi connectivity index (χ0v) is 16.0. The normalized spacial score (nSPS) is 11.5. The summed E-state index contributed by atoms with van der Waals surface area (Å²) in [5.74, 6) is -0.0572. The van der Waals surface area contributed by atoms with Gasteiger partial charge in [-0.2, -0.15) is 0 Å². The second-order valence-electron chi connectivity index (χ2n) is 5.21. The van der Waals surface area contributed by atoms with Crippen LogP contribution in [-0.2, 0) is 10.0 Å². The molecule has 26 heavy (non-hydrogen) atoms. The molecule has 0 aliphatic carbocycles. The lowest BCUT2D eigenvalue weighted by atomic mass is 10.2. The summed E-state index contributed by atoms with van der Waals surface area (Å²) >= 11 is 7.42. The van der Waals surface area contributed by atoms with Crippen molar-refractivity contribution in [3.8, 4) is 5.75 Å². The summed E-state index contributed by atoms with van der Waals surface area (Å²) in [6, 6.07) is 13.2. The fourth-order valence-electron chi connectivity index (χ4n) is 2.27. The van der Waals surface area contributed by atoms with Crippen molar-refractivity contribution in [3.63, 3.8) is 0 Å². The van der Waals surface area contributed by atoms with E-state index in [0.717, 1.165) is 10.1 Å². The summed E-state index contributed by atoms with van der Waals surface area (Å²) in [6.45, 7) is 2.32. The minimum Gasteiger partial charge on any atom is -0.494 e. The summed E-state index contributed by atoms with van der Waals surface area (Å²) in [4.78, 5) is 14.6. The number of benzene rings is 2. The van der Waals surface area contributed by atoms with E-state index in [-0.39, 0.29) is 9.77 Å². The highest BCUT2D eigenvalue weighted by atomic mass is 35.5. The molecule has 3 rings (SSSR count). The van der Waals surface area contributed by atoms with Gasteiger partial charge in [0.2, 0.25) is 0 Å². The zero-order valence-electron chi connectivity index (χ0n) is 13.7. The third kappa shape index (κ3) is 3.83. The zero-order chi connectivity index (χ0) is 18.7. The van der Waals surface area contributed by atoms with Crippen LogP contribution in [0.5, 0.6) is 5.75 Å². The highest BCUT2D eigenvalue weighted by Crippen LogP contribution is 2.34. The topological polar surface area (TPSA) is 84.5 Å². The smallest absolute Gasteiger partial charge is 0.277 e. The molecule has 0 radical (unpaired) electrons. The molecular weight excluding hydrogens is 396 g/mol. The summed E-state index contributed by atoms with van der Waals surface area (Å²) < 4.78 is 30.7. The molecular formula is C17H15ClN2O4S2. The van der Waals surface area contributed by atoms with Crippen LogP contribution in [0.3, 0.4) is 0 Å². The van der Waals surface area contributed by atoms with Crippen LogP contribution in [0.15, 0.2) is 53.4 Å². The van der Waals surface area contributed by atoms with Gasteiger partial charge in [0.05, 0.1) is 16.5 Å². The van der Waals surface area contributed by atoms with Crippen LogP contribution in [-0.4, -0.2) is 20.9 Å². The molecule has 0 aliphatic heterocycles. The first-order valence-corrected chi connectivity index (χ1v) is 10.3. The Labute approximate surface area is 159 Å². The van der Waals surface area contributed by atoms with Gasteiger partial charge in [-0.3, -0.25) is 10.2 Å². The molecule has 1 aromatic heterocycles. The van der Waals surface area contributed by atoms with Crippen LogP contribution >= 0.6 is 22.9 Å². The van der Waals surface area contributed by atoms with Crippen LogP contribution in [0.25, 0.3) is 10.1 Å². The van der Waals surface area contributed by atoms with Gasteiger partial charge in [-0.1, -0.05) is 29.8 Å². The quantitative estimate of drug-likeness (QED) is 0.608. The van der Waals surface area contributed by atoms with Gasteiger partial charge in [-0.05, 0) is 37.3 Å². The van der Waals surface area contributed by atoms with Gasteiger partial charge in [0.1, 0.15) is 10.6 Å². The first-order chi connectivity index (χ1) is 12.4. The number of halogens is 1. The molecule has 1 amide bonds. The fourth-order valence-corrected chi connectivity index (χ4v) is 4.52. The molecule has 2 N–H and O–H groups in total. The standard InChI is InChI=1S/C17H15ClN2O4S2/c1-2-24-11-7-9-12(10-8-11)26(22,23)20-19-17(21)16-15(18)13-5-3-4-6-14(13)25-16/h3-10,20H,2H2,1H3,(H,19,21). The van der Waals surface area contributed by atoms with E-state index in [1.807, 2.05) is 25.1 Å². The van der Waals surface area contributed by atoms with E-state index in [1.165, 1.54) is 23.5 Å². The molecule has 0 spiro atoms. The molecule has 6 nitrogen and oxygen atoms in total. The lowest BCUT2D eigenvalue weighted by molar-refractivity contribution is 0.0949. The average Bonchev–Trinajstić information content (AvgIpc) is 2.98. The van der Waals surface area contributed by atoms with Gasteiger partial charge in [-0.15, -0.1) is 16.2 Å². The number of ether oxygens (including phenoxy) is 1. The highest BCUT2D eigenvalue weighted by molar-refractivity contribution is 7.89. The number of carbonyl (C=O) groups excluding carboxylic acids is 1. The van der Waals surface area contributed by atoms with Gasteiger partial charge >= 0.3 is 0 Å². The monoisotopic (exact) mass is 410 g/mol. The van der Waals surface area contributed by atoms with Crippen molar-refractivity contribution in [1.82, 2.24) is 10.3 Å². The molecule has 2 aromatic carbocycles. The van der Waals surface area contributed by atoms with Crippen LogP contribution < -0.4 is 15.0 Å². The number of rotatable bonds is 6. The van der Waals surface area contributed by atoms with Gasteiger partial charge < -0.3 is 4.74 Å². The van der Waals surface area contributed by atoms with Gasteiger partial charge in [0, 0.05) is 10.1 Å². The van der Waals surface area contributed by atoms with Crippen LogP contribution in [0, 0.1) is 0 Å². The summed E-state index contributed by atoms with van der Waals surface area (Å²) in [6.07, 6.45) is 0. The number of fused-ring (bicyclic) bond motifs is 1. The molecule has 0 saturated carbocycles. The molecule has 0 saturated heterocycles. The van der Waals surface area contributed by atoms with Crippen molar-refractivity contribution in [2.75, 3.05) is 6.61 Å². The lowest BCUT2D eigenvalue weighted by Crippen LogP contribution is -2.41. The maximum atomic E-state index is 12.3. The number of hydrogen-bond donors (Lipinski definition) is 2. The number of amides is 1. The van der Waals surface area contributed by atoms with E-state index >= 15 is 0 Å². The van der Waals surface area contributed by atoms with E-state index in [1.54, 1.807) is 18.2 Å². The van der Waals surface area contributed by atoms with E-state index in [4.69, 9.17) is 16.3 Å². The number of hydrazine groups is 1. The maximum Gasteiger partial charge on any atom is 0.277 e. The van der Waals surface area contributed by atoms with E-state index in [0.29, 0.717) is 17.4 Å². The Balaban J connectivity index is 1.74. The first kappa shape index (κ1) is 18.7. The Kier molecular flexibility index (Phi) is 5.47. The third-order valence-corrected chi connectivity index (χ3v) is 6.42. The molecule has 0 bridgehead atoms. The second-order valence-corrected chi connectivity index (χ2v) is 8.32. The molecule has 1 heterocycles. The van der Waals surface area contributed by atoms with Crippen molar-refractivity contribution >= 4 is 49.0 Å².